The van der Waals surface area contributed by atoms with Crippen molar-refractivity contribution in [3.8, 4) is 0 Å². The van der Waals surface area contributed by atoms with Gasteiger partial charge in [-0.3, -0.25) is 0 Å². The summed E-state index contributed by atoms with van der Waals surface area (Å²) in [5, 5.41) is 13.8. The first kappa shape index (κ1) is 14.3. The van der Waals surface area contributed by atoms with E-state index in [0.29, 0.717) is 5.69 Å². The van der Waals surface area contributed by atoms with Gasteiger partial charge in [-0.1, -0.05) is 6.07 Å². The number of rotatable bonds is 3. The van der Waals surface area contributed by atoms with Gasteiger partial charge < -0.3 is 21.5 Å². The van der Waals surface area contributed by atoms with E-state index in [4.69, 9.17) is 10.8 Å². The molecule has 0 bridgehead atoms. The molecular formula is C14H12FN3O3. The van der Waals surface area contributed by atoms with E-state index in [2.05, 4.69) is 10.6 Å². The summed E-state index contributed by atoms with van der Waals surface area (Å²) in [6.45, 7) is 0. The number of carboxylic acid groups (broad SMARTS) is 1. The van der Waals surface area contributed by atoms with Gasteiger partial charge in [0.1, 0.15) is 5.82 Å². The zero-order valence-electron chi connectivity index (χ0n) is 10.8. The Morgan fingerprint density at radius 3 is 2.52 bits per heavy atom. The molecule has 2 aromatic carbocycles. The largest absolute Gasteiger partial charge is 0.478 e. The topological polar surface area (TPSA) is 104 Å². The van der Waals surface area contributed by atoms with Gasteiger partial charge in [0.15, 0.2) is 0 Å². The lowest BCUT2D eigenvalue weighted by molar-refractivity contribution is 0.0698. The first-order chi connectivity index (χ1) is 9.95. The summed E-state index contributed by atoms with van der Waals surface area (Å²) in [4.78, 5) is 22.9. The fourth-order valence-electron chi connectivity index (χ4n) is 1.70. The molecule has 0 spiro atoms. The third-order valence-corrected chi connectivity index (χ3v) is 2.60. The average Bonchev–Trinajstić information content (AvgIpc) is 2.38. The summed E-state index contributed by atoms with van der Waals surface area (Å²) in [5.74, 6) is -1.70. The number of amides is 2. The number of hydrogen-bond donors (Lipinski definition) is 4. The zero-order chi connectivity index (χ0) is 15.4. The number of aromatic carboxylic acids is 1. The number of carboxylic acids is 1. The number of hydrogen-bond acceptors (Lipinski definition) is 3. The molecule has 0 aromatic heterocycles. The molecule has 0 heterocycles. The molecule has 5 N–H and O–H groups in total. The van der Waals surface area contributed by atoms with Crippen molar-refractivity contribution in [2.45, 2.75) is 0 Å². The molecule has 21 heavy (non-hydrogen) atoms. The van der Waals surface area contributed by atoms with Gasteiger partial charge in [0.25, 0.3) is 0 Å². The van der Waals surface area contributed by atoms with Crippen molar-refractivity contribution in [3.63, 3.8) is 0 Å². The van der Waals surface area contributed by atoms with Gasteiger partial charge in [0.2, 0.25) is 0 Å². The third-order valence-electron chi connectivity index (χ3n) is 2.60. The molecule has 0 unspecified atom stereocenters. The lowest BCUT2D eigenvalue weighted by atomic mass is 10.1. The van der Waals surface area contributed by atoms with Crippen LogP contribution >= 0.6 is 0 Å². The van der Waals surface area contributed by atoms with Gasteiger partial charge in [-0.2, -0.15) is 0 Å². The second kappa shape index (κ2) is 5.91. The van der Waals surface area contributed by atoms with Crippen LogP contribution < -0.4 is 16.4 Å². The van der Waals surface area contributed by atoms with Gasteiger partial charge in [-0.15, -0.1) is 0 Å². The Kier molecular flexibility index (Phi) is 4.03. The fourth-order valence-corrected chi connectivity index (χ4v) is 1.70. The zero-order valence-corrected chi connectivity index (χ0v) is 10.8. The van der Waals surface area contributed by atoms with E-state index in [1.165, 1.54) is 36.4 Å². The van der Waals surface area contributed by atoms with Gasteiger partial charge in [-0.05, 0) is 36.4 Å². The van der Waals surface area contributed by atoms with Crippen LogP contribution in [0.2, 0.25) is 0 Å². The number of carbonyl (C=O) groups excluding carboxylic acids is 1. The molecule has 0 saturated carbocycles. The molecule has 0 saturated heterocycles. The molecule has 6 nitrogen and oxygen atoms in total. The highest BCUT2D eigenvalue weighted by Gasteiger charge is 2.13. The molecule has 2 aromatic rings. The summed E-state index contributed by atoms with van der Waals surface area (Å²) in [6, 6.07) is 8.64. The van der Waals surface area contributed by atoms with Crippen molar-refractivity contribution in [1.82, 2.24) is 0 Å². The van der Waals surface area contributed by atoms with Gasteiger partial charge in [0.05, 0.1) is 11.3 Å². The summed E-state index contributed by atoms with van der Waals surface area (Å²) in [6.07, 6.45) is 0. The number of nitrogens with one attached hydrogen (secondary N) is 2. The number of halogens is 1. The SMILES string of the molecule is Nc1ccc(C(=O)O)c(NC(=O)Nc2cccc(F)c2)c1. The number of benzene rings is 2. The van der Waals surface area contributed by atoms with E-state index in [9.17, 15) is 14.0 Å². The molecule has 0 atom stereocenters. The number of carbonyl (C=O) groups is 2. The van der Waals surface area contributed by atoms with Crippen LogP contribution in [-0.4, -0.2) is 17.1 Å². The van der Waals surface area contributed by atoms with Crippen LogP contribution in [0.25, 0.3) is 0 Å². The Labute approximate surface area is 119 Å². The van der Waals surface area contributed by atoms with Gasteiger partial charge in [-0.25, -0.2) is 14.0 Å². The van der Waals surface area contributed by atoms with Crippen LogP contribution in [-0.2, 0) is 0 Å². The van der Waals surface area contributed by atoms with Gasteiger partial charge in [0, 0.05) is 11.4 Å². The second-order valence-corrected chi connectivity index (χ2v) is 4.20. The summed E-state index contributed by atoms with van der Waals surface area (Å²) in [5.41, 5.74) is 6.07. The highest BCUT2D eigenvalue weighted by molar-refractivity contribution is 6.05. The quantitative estimate of drug-likeness (QED) is 0.652. The maximum Gasteiger partial charge on any atom is 0.337 e. The van der Waals surface area contributed by atoms with Crippen molar-refractivity contribution < 1.29 is 19.1 Å². The van der Waals surface area contributed by atoms with Crippen LogP contribution in [0, 0.1) is 5.82 Å². The molecule has 2 rings (SSSR count). The highest BCUT2D eigenvalue weighted by atomic mass is 19.1. The van der Waals surface area contributed by atoms with Crippen LogP contribution in [0.5, 0.6) is 0 Å². The third kappa shape index (κ3) is 3.69. The first-order valence-corrected chi connectivity index (χ1v) is 5.92. The van der Waals surface area contributed by atoms with Crippen molar-refractivity contribution in [2.24, 2.45) is 0 Å². The highest BCUT2D eigenvalue weighted by Crippen LogP contribution is 2.20. The van der Waals surface area contributed by atoms with E-state index in [-0.39, 0.29) is 16.9 Å². The Morgan fingerprint density at radius 2 is 1.86 bits per heavy atom. The predicted octanol–water partition coefficient (Wildman–Crippen LogP) is 2.75. The van der Waals surface area contributed by atoms with Crippen molar-refractivity contribution in [3.05, 3.63) is 53.8 Å². The first-order valence-electron chi connectivity index (χ1n) is 5.92. The minimum Gasteiger partial charge on any atom is -0.478 e. The van der Waals surface area contributed by atoms with E-state index in [0.717, 1.165) is 6.07 Å². The smallest absolute Gasteiger partial charge is 0.337 e. The van der Waals surface area contributed by atoms with E-state index in [1.807, 2.05) is 0 Å². The van der Waals surface area contributed by atoms with Crippen LogP contribution in [0.4, 0.5) is 26.2 Å². The molecule has 2 amide bonds. The molecule has 0 aliphatic rings. The maximum atomic E-state index is 13.0. The number of nitrogen functional groups attached to an aromatic ring is 1. The van der Waals surface area contributed by atoms with Crippen LogP contribution in [0.15, 0.2) is 42.5 Å². The summed E-state index contributed by atoms with van der Waals surface area (Å²) >= 11 is 0. The normalized spacial score (nSPS) is 9.95. The Morgan fingerprint density at radius 1 is 1.10 bits per heavy atom. The summed E-state index contributed by atoms with van der Waals surface area (Å²) in [7, 11) is 0. The lowest BCUT2D eigenvalue weighted by Crippen LogP contribution is -2.21. The standard InChI is InChI=1S/C14H12FN3O3/c15-8-2-1-3-10(6-8)17-14(21)18-12-7-9(16)4-5-11(12)13(19)20/h1-7H,16H2,(H,19,20)(H2,17,18,21). The molecule has 108 valence electrons. The number of nitrogens with two attached hydrogens (primary N) is 1. The molecular weight excluding hydrogens is 277 g/mol. The van der Waals surface area contributed by atoms with E-state index in [1.54, 1.807) is 0 Å². The predicted molar refractivity (Wildman–Crippen MR) is 76.9 cm³/mol. The van der Waals surface area contributed by atoms with Crippen LogP contribution in [0.3, 0.4) is 0 Å². The Hall–Kier alpha value is -3.09. The molecule has 0 aliphatic heterocycles. The molecule has 7 heteroatoms. The number of anilines is 3. The maximum absolute atomic E-state index is 13.0. The average molecular weight is 289 g/mol. The monoisotopic (exact) mass is 289 g/mol. The Balaban J connectivity index is 2.16. The second-order valence-electron chi connectivity index (χ2n) is 4.20. The summed E-state index contributed by atoms with van der Waals surface area (Å²) < 4.78 is 13.0. The fraction of sp³-hybridized carbons (Fsp3) is 0. The minimum absolute atomic E-state index is 0.0522. The van der Waals surface area contributed by atoms with Crippen molar-refractivity contribution >= 4 is 29.1 Å². The molecule has 0 fully saturated rings. The Bertz CT molecular complexity index is 704. The van der Waals surface area contributed by atoms with Crippen LogP contribution in [0.1, 0.15) is 10.4 Å². The van der Waals surface area contributed by atoms with Crippen molar-refractivity contribution in [1.29, 1.82) is 0 Å². The van der Waals surface area contributed by atoms with E-state index < -0.39 is 17.8 Å². The van der Waals surface area contributed by atoms with Gasteiger partial charge >= 0.3 is 12.0 Å². The minimum atomic E-state index is -1.20. The molecule has 0 radical (unpaired) electrons. The van der Waals surface area contributed by atoms with Crippen molar-refractivity contribution in [2.75, 3.05) is 16.4 Å². The molecule has 0 aliphatic carbocycles. The lowest BCUT2D eigenvalue weighted by Gasteiger charge is -2.10. The van der Waals surface area contributed by atoms with E-state index >= 15 is 0 Å². The number of urea groups is 1.